The number of aliphatic carboxylic acids is 1. The number of carboxylic acid groups (broad SMARTS) is 1. The minimum atomic E-state index is -1.22. The summed E-state index contributed by atoms with van der Waals surface area (Å²) in [5, 5.41) is 12.4. The Morgan fingerprint density at radius 2 is 2.00 bits per heavy atom. The lowest BCUT2D eigenvalue weighted by atomic mass is 9.85. The highest BCUT2D eigenvalue weighted by atomic mass is 32.1. The molecule has 0 saturated heterocycles. The van der Waals surface area contributed by atoms with E-state index in [1.165, 1.54) is 5.56 Å². The largest absolute Gasteiger partial charge is 0.550 e. The van der Waals surface area contributed by atoms with Crippen LogP contribution in [0.15, 0.2) is 23.6 Å². The van der Waals surface area contributed by atoms with Crippen LogP contribution in [-0.2, 0) is 23.1 Å². The third-order valence-corrected chi connectivity index (χ3v) is 4.67. The number of ether oxygens (including phenoxy) is 1. The predicted molar refractivity (Wildman–Crippen MR) is 95.2 cm³/mol. The number of ketones is 1. The second kappa shape index (κ2) is 7.78. The SMILES string of the molecule is CCc1ccc(OCC(=O)c2nc(CC(=O)[O-])cs2)c(C(C)(C)C)c1. The van der Waals surface area contributed by atoms with Gasteiger partial charge in [0, 0.05) is 17.8 Å². The lowest BCUT2D eigenvalue weighted by Gasteiger charge is -2.23. The fourth-order valence-corrected chi connectivity index (χ4v) is 3.12. The Hall–Kier alpha value is -2.21. The molecule has 0 radical (unpaired) electrons. The van der Waals surface area contributed by atoms with Crippen LogP contribution in [0, 0.1) is 0 Å². The van der Waals surface area contributed by atoms with Crippen LogP contribution in [0.4, 0.5) is 0 Å². The average molecular weight is 360 g/mol. The van der Waals surface area contributed by atoms with Crippen LogP contribution in [0.25, 0.3) is 0 Å². The van der Waals surface area contributed by atoms with E-state index in [2.05, 4.69) is 38.7 Å². The zero-order chi connectivity index (χ0) is 18.6. The van der Waals surface area contributed by atoms with E-state index in [1.54, 1.807) is 5.38 Å². The van der Waals surface area contributed by atoms with Crippen molar-refractivity contribution in [2.24, 2.45) is 0 Å². The second-order valence-corrected chi connectivity index (χ2v) is 7.70. The summed E-state index contributed by atoms with van der Waals surface area (Å²) in [5.41, 5.74) is 2.50. The average Bonchev–Trinajstić information content (AvgIpc) is 2.99. The number of carbonyl (C=O) groups excluding carboxylic acids is 2. The molecule has 2 aromatic rings. The molecular weight excluding hydrogens is 338 g/mol. The number of aromatic nitrogens is 1. The Bertz CT molecular complexity index is 774. The van der Waals surface area contributed by atoms with Crippen LogP contribution >= 0.6 is 11.3 Å². The van der Waals surface area contributed by atoms with Gasteiger partial charge in [-0.25, -0.2) is 4.98 Å². The minimum absolute atomic E-state index is 0.105. The Morgan fingerprint density at radius 3 is 2.60 bits per heavy atom. The molecule has 0 saturated carbocycles. The molecule has 0 fully saturated rings. The zero-order valence-electron chi connectivity index (χ0n) is 14.9. The van der Waals surface area contributed by atoms with E-state index in [0.717, 1.165) is 23.3 Å². The number of hydrogen-bond donors (Lipinski definition) is 0. The summed E-state index contributed by atoms with van der Waals surface area (Å²) >= 11 is 1.12. The molecule has 0 amide bonds. The predicted octanol–water partition coefficient (Wildman–Crippen LogP) is 2.56. The van der Waals surface area contributed by atoms with Crippen LogP contribution in [0.3, 0.4) is 0 Å². The molecule has 134 valence electrons. The molecule has 0 atom stereocenters. The summed E-state index contributed by atoms with van der Waals surface area (Å²) in [6.07, 6.45) is 0.639. The quantitative estimate of drug-likeness (QED) is 0.709. The molecule has 0 aliphatic heterocycles. The topological polar surface area (TPSA) is 79.3 Å². The number of benzene rings is 1. The maximum atomic E-state index is 12.3. The lowest BCUT2D eigenvalue weighted by Crippen LogP contribution is -2.24. The maximum absolute atomic E-state index is 12.3. The Balaban J connectivity index is 2.11. The summed E-state index contributed by atoms with van der Waals surface area (Å²) < 4.78 is 5.76. The first-order valence-corrected chi connectivity index (χ1v) is 9.02. The van der Waals surface area contributed by atoms with Crippen molar-refractivity contribution >= 4 is 23.1 Å². The summed E-state index contributed by atoms with van der Waals surface area (Å²) in [4.78, 5) is 26.9. The van der Waals surface area contributed by atoms with E-state index in [9.17, 15) is 14.7 Å². The van der Waals surface area contributed by atoms with Gasteiger partial charge in [0.15, 0.2) is 11.6 Å². The molecular formula is C19H22NO4S-. The number of Topliss-reactive ketones (excluding diaryl/α,β-unsaturated/α-hetero) is 1. The lowest BCUT2D eigenvalue weighted by molar-refractivity contribution is -0.304. The summed E-state index contributed by atoms with van der Waals surface area (Å²) in [6.45, 7) is 8.27. The standard InChI is InChI=1S/C19H23NO4S/c1-5-12-6-7-16(14(8-12)19(2,3)4)24-10-15(21)18-20-13(11-25-18)9-17(22)23/h6-8,11H,5,9-10H2,1-4H3,(H,22,23)/p-1. The zero-order valence-corrected chi connectivity index (χ0v) is 15.7. The normalized spacial score (nSPS) is 11.4. The van der Waals surface area contributed by atoms with E-state index in [0.29, 0.717) is 11.4 Å². The third-order valence-electron chi connectivity index (χ3n) is 3.73. The summed E-state index contributed by atoms with van der Waals surface area (Å²) in [5.74, 6) is -0.801. The third kappa shape index (κ3) is 5.13. The molecule has 2 rings (SSSR count). The Labute approximate surface area is 151 Å². The van der Waals surface area contributed by atoms with Crippen LogP contribution in [0.2, 0.25) is 0 Å². The Morgan fingerprint density at radius 1 is 1.28 bits per heavy atom. The van der Waals surface area contributed by atoms with Gasteiger partial charge in [0.05, 0.1) is 5.69 Å². The molecule has 1 aromatic carbocycles. The van der Waals surface area contributed by atoms with Gasteiger partial charge in [0.1, 0.15) is 5.75 Å². The van der Waals surface area contributed by atoms with Gasteiger partial charge in [-0.15, -0.1) is 11.3 Å². The van der Waals surface area contributed by atoms with Gasteiger partial charge in [0.25, 0.3) is 0 Å². The number of aryl methyl sites for hydroxylation is 1. The van der Waals surface area contributed by atoms with Gasteiger partial charge < -0.3 is 14.6 Å². The number of carbonyl (C=O) groups is 2. The van der Waals surface area contributed by atoms with Crippen molar-refractivity contribution in [3.05, 3.63) is 45.4 Å². The van der Waals surface area contributed by atoms with Gasteiger partial charge in [0.2, 0.25) is 5.78 Å². The fraction of sp³-hybridized carbons (Fsp3) is 0.421. The van der Waals surface area contributed by atoms with Crippen LogP contribution in [0.5, 0.6) is 5.75 Å². The first-order valence-electron chi connectivity index (χ1n) is 8.14. The van der Waals surface area contributed by atoms with Gasteiger partial charge in [-0.05, 0) is 29.0 Å². The molecule has 0 spiro atoms. The Kier molecular flexibility index (Phi) is 5.95. The smallest absolute Gasteiger partial charge is 0.228 e. The first-order chi connectivity index (χ1) is 11.7. The van der Waals surface area contributed by atoms with Gasteiger partial charge in [-0.3, -0.25) is 4.79 Å². The van der Waals surface area contributed by atoms with Gasteiger partial charge in [-0.2, -0.15) is 0 Å². The van der Waals surface area contributed by atoms with Crippen molar-refractivity contribution in [1.29, 1.82) is 0 Å². The summed E-state index contributed by atoms with van der Waals surface area (Å²) in [7, 11) is 0. The monoisotopic (exact) mass is 360 g/mol. The molecule has 0 aliphatic rings. The van der Waals surface area contributed by atoms with Crippen LogP contribution in [-0.4, -0.2) is 23.3 Å². The van der Waals surface area contributed by atoms with Crippen LogP contribution in [0.1, 0.15) is 54.3 Å². The van der Waals surface area contributed by atoms with Crippen molar-refractivity contribution in [3.63, 3.8) is 0 Å². The van der Waals surface area contributed by atoms with Crippen molar-refractivity contribution in [2.75, 3.05) is 6.61 Å². The molecule has 0 aliphatic carbocycles. The van der Waals surface area contributed by atoms with E-state index < -0.39 is 5.97 Å². The highest BCUT2D eigenvalue weighted by Crippen LogP contribution is 2.32. The molecule has 6 heteroatoms. The number of rotatable bonds is 7. The number of thiazole rings is 1. The van der Waals surface area contributed by atoms with Crippen molar-refractivity contribution < 1.29 is 19.4 Å². The van der Waals surface area contributed by atoms with E-state index in [4.69, 9.17) is 4.74 Å². The molecule has 1 aromatic heterocycles. The molecule has 25 heavy (non-hydrogen) atoms. The number of carboxylic acids is 1. The van der Waals surface area contributed by atoms with Gasteiger partial charge >= 0.3 is 0 Å². The second-order valence-electron chi connectivity index (χ2n) is 6.84. The number of nitrogens with zero attached hydrogens (tertiary/aromatic N) is 1. The van der Waals surface area contributed by atoms with Crippen LogP contribution < -0.4 is 9.84 Å². The molecule has 5 nitrogen and oxygen atoms in total. The van der Waals surface area contributed by atoms with E-state index in [1.807, 2.05) is 12.1 Å². The highest BCUT2D eigenvalue weighted by Gasteiger charge is 2.21. The maximum Gasteiger partial charge on any atom is 0.228 e. The highest BCUT2D eigenvalue weighted by molar-refractivity contribution is 7.11. The minimum Gasteiger partial charge on any atom is -0.550 e. The summed E-state index contributed by atoms with van der Waals surface area (Å²) in [6, 6.07) is 6.01. The first kappa shape index (κ1) is 19.1. The molecule has 0 bridgehead atoms. The van der Waals surface area contributed by atoms with E-state index >= 15 is 0 Å². The fourth-order valence-electron chi connectivity index (χ4n) is 2.38. The molecule has 1 heterocycles. The molecule has 0 unspecified atom stereocenters. The number of hydrogen-bond acceptors (Lipinski definition) is 6. The van der Waals surface area contributed by atoms with Crippen molar-refractivity contribution in [1.82, 2.24) is 4.98 Å². The van der Waals surface area contributed by atoms with Crippen molar-refractivity contribution in [2.45, 2.75) is 46.0 Å². The van der Waals surface area contributed by atoms with E-state index in [-0.39, 0.29) is 29.2 Å². The molecule has 0 N–H and O–H groups in total. The van der Waals surface area contributed by atoms with Crippen molar-refractivity contribution in [3.8, 4) is 5.75 Å². The van der Waals surface area contributed by atoms with Gasteiger partial charge in [-0.1, -0.05) is 39.8 Å².